The van der Waals surface area contributed by atoms with Gasteiger partial charge in [0.1, 0.15) is 6.10 Å². The number of carbonyl (C=O) groups excluding carboxylic acids is 1. The quantitative estimate of drug-likeness (QED) is 0.0686. The molecule has 0 fully saturated rings. The van der Waals surface area contributed by atoms with Crippen LogP contribution in [0.4, 0.5) is 0 Å². The highest BCUT2D eigenvalue weighted by Gasteiger charge is 2.22. The van der Waals surface area contributed by atoms with Crippen molar-refractivity contribution in [2.24, 2.45) is 0 Å². The Bertz CT molecular complexity index is 641. The minimum Gasteiger partial charge on any atom is -0.394 e. The van der Waals surface area contributed by atoms with Gasteiger partial charge in [-0.05, 0) is 64.7 Å². The van der Waals surface area contributed by atoms with Crippen LogP contribution in [-0.2, 0) is 4.79 Å². The molecular formula is C33H59NO4. The zero-order valence-corrected chi connectivity index (χ0v) is 24.5. The van der Waals surface area contributed by atoms with E-state index >= 15 is 0 Å². The van der Waals surface area contributed by atoms with Crippen molar-refractivity contribution in [2.75, 3.05) is 6.61 Å². The summed E-state index contributed by atoms with van der Waals surface area (Å²) in [6.45, 7) is 3.88. The van der Waals surface area contributed by atoms with Gasteiger partial charge >= 0.3 is 0 Å². The van der Waals surface area contributed by atoms with E-state index in [9.17, 15) is 20.1 Å². The molecular weight excluding hydrogens is 474 g/mol. The number of carbonyl (C=O) groups is 1. The van der Waals surface area contributed by atoms with E-state index in [1.54, 1.807) is 6.08 Å². The van der Waals surface area contributed by atoms with E-state index < -0.39 is 24.2 Å². The highest BCUT2D eigenvalue weighted by atomic mass is 16.3. The van der Waals surface area contributed by atoms with Gasteiger partial charge < -0.3 is 20.6 Å². The number of nitrogens with one attached hydrogen (secondary N) is 1. The number of unbranched alkanes of at least 4 members (excludes halogenated alkanes) is 13. The number of hydrogen-bond acceptors (Lipinski definition) is 4. The predicted octanol–water partition coefficient (Wildman–Crippen LogP) is 7.47. The molecule has 0 heterocycles. The molecule has 0 aliphatic rings. The second-order valence-electron chi connectivity index (χ2n) is 10.3. The van der Waals surface area contributed by atoms with Gasteiger partial charge in [-0.2, -0.15) is 0 Å². The first kappa shape index (κ1) is 36.3. The van der Waals surface area contributed by atoms with E-state index in [0.717, 1.165) is 57.8 Å². The van der Waals surface area contributed by atoms with E-state index in [2.05, 4.69) is 42.6 Å². The summed E-state index contributed by atoms with van der Waals surface area (Å²) < 4.78 is 0. The van der Waals surface area contributed by atoms with Gasteiger partial charge in [-0.3, -0.25) is 4.79 Å². The lowest BCUT2D eigenvalue weighted by atomic mass is 10.1. The number of aliphatic hydroxyl groups is 3. The Morgan fingerprint density at radius 3 is 1.76 bits per heavy atom. The molecule has 5 nitrogen and oxygen atoms in total. The van der Waals surface area contributed by atoms with Crippen molar-refractivity contribution in [3.05, 3.63) is 48.6 Å². The molecule has 1 amide bonds. The Morgan fingerprint density at radius 2 is 1.18 bits per heavy atom. The molecule has 3 atom stereocenters. The highest BCUT2D eigenvalue weighted by Crippen LogP contribution is 2.11. The number of hydrogen-bond donors (Lipinski definition) is 4. The minimum atomic E-state index is -1.12. The molecule has 3 unspecified atom stereocenters. The minimum absolute atomic E-state index is 0.388. The van der Waals surface area contributed by atoms with E-state index in [1.807, 2.05) is 19.1 Å². The van der Waals surface area contributed by atoms with Crippen LogP contribution in [0, 0.1) is 0 Å². The first-order valence-corrected chi connectivity index (χ1v) is 15.4. The first-order chi connectivity index (χ1) is 18.6. The van der Waals surface area contributed by atoms with Crippen LogP contribution in [0.25, 0.3) is 0 Å². The summed E-state index contributed by atoms with van der Waals surface area (Å²) in [4.78, 5) is 12.3. The van der Waals surface area contributed by atoms with E-state index in [0.29, 0.717) is 6.42 Å². The standard InChI is InChI=1S/C33H59NO4/c1-3-5-7-9-11-13-14-15-16-17-18-20-22-24-26-28-32(37)33(38)34-30(29-35)31(36)27-25-23-21-19-12-10-8-6-4-2/h4,6,12,16-17,19,25,27,30-32,35-37H,3,5,7-11,13-15,18,20-24,26,28-29H2,1-2H3,(H,34,38)/b6-4+,17-16-,19-12+,27-25+. The summed E-state index contributed by atoms with van der Waals surface area (Å²) in [5.74, 6) is -0.533. The summed E-state index contributed by atoms with van der Waals surface area (Å²) in [6, 6.07) is -0.822. The maximum Gasteiger partial charge on any atom is 0.249 e. The van der Waals surface area contributed by atoms with Gasteiger partial charge in [0, 0.05) is 0 Å². The van der Waals surface area contributed by atoms with Gasteiger partial charge in [0.25, 0.3) is 0 Å². The number of aliphatic hydroxyl groups excluding tert-OH is 3. The zero-order valence-electron chi connectivity index (χ0n) is 24.5. The Labute approximate surface area is 234 Å². The van der Waals surface area contributed by atoms with Gasteiger partial charge in [0.05, 0.1) is 18.8 Å². The van der Waals surface area contributed by atoms with Crippen molar-refractivity contribution in [1.29, 1.82) is 0 Å². The molecule has 5 heteroatoms. The van der Waals surface area contributed by atoms with Gasteiger partial charge in [0.2, 0.25) is 5.91 Å². The molecule has 0 aromatic carbocycles. The molecule has 38 heavy (non-hydrogen) atoms. The maximum atomic E-state index is 12.3. The molecule has 0 bridgehead atoms. The second-order valence-corrected chi connectivity index (χ2v) is 10.3. The number of amides is 1. The van der Waals surface area contributed by atoms with Crippen LogP contribution in [0.1, 0.15) is 129 Å². The summed E-state index contributed by atoms with van der Waals surface area (Å²) in [5.41, 5.74) is 0. The molecule has 0 aliphatic carbocycles. The molecule has 0 aromatic heterocycles. The largest absolute Gasteiger partial charge is 0.394 e. The molecule has 0 saturated heterocycles. The number of rotatable bonds is 26. The maximum absolute atomic E-state index is 12.3. The Hall–Kier alpha value is -1.69. The Balaban J connectivity index is 3.87. The van der Waals surface area contributed by atoms with Crippen LogP contribution in [0.15, 0.2) is 48.6 Å². The van der Waals surface area contributed by atoms with Gasteiger partial charge in [-0.25, -0.2) is 0 Å². The van der Waals surface area contributed by atoms with Crippen LogP contribution in [-0.4, -0.2) is 46.1 Å². The van der Waals surface area contributed by atoms with Crippen LogP contribution < -0.4 is 5.32 Å². The number of allylic oxidation sites excluding steroid dienone is 7. The summed E-state index contributed by atoms with van der Waals surface area (Å²) >= 11 is 0. The first-order valence-electron chi connectivity index (χ1n) is 15.4. The van der Waals surface area contributed by atoms with E-state index in [4.69, 9.17) is 0 Å². The van der Waals surface area contributed by atoms with Gasteiger partial charge in [0.15, 0.2) is 0 Å². The smallest absolute Gasteiger partial charge is 0.249 e. The fourth-order valence-electron chi connectivity index (χ4n) is 4.21. The third-order valence-corrected chi connectivity index (χ3v) is 6.71. The lowest BCUT2D eigenvalue weighted by Crippen LogP contribution is -2.48. The SMILES string of the molecule is C/C=C/CC/C=C/CC/C=C/C(O)C(CO)NC(=O)C(O)CCCCCC/C=C\CCCCCCCCC. The Kier molecular flexibility index (Phi) is 27.1. The van der Waals surface area contributed by atoms with Crippen molar-refractivity contribution in [3.63, 3.8) is 0 Å². The molecule has 0 aromatic rings. The topological polar surface area (TPSA) is 89.8 Å². The Morgan fingerprint density at radius 1 is 0.684 bits per heavy atom. The monoisotopic (exact) mass is 533 g/mol. The van der Waals surface area contributed by atoms with Crippen molar-refractivity contribution < 1.29 is 20.1 Å². The van der Waals surface area contributed by atoms with E-state index in [-0.39, 0.29) is 6.61 Å². The average Bonchev–Trinajstić information content (AvgIpc) is 2.92. The summed E-state index contributed by atoms with van der Waals surface area (Å²) in [5, 5.41) is 32.6. The molecule has 220 valence electrons. The molecule has 4 N–H and O–H groups in total. The predicted molar refractivity (Wildman–Crippen MR) is 162 cm³/mol. The van der Waals surface area contributed by atoms with Crippen LogP contribution in [0.3, 0.4) is 0 Å². The fraction of sp³-hybridized carbons (Fsp3) is 0.727. The molecule has 0 radical (unpaired) electrons. The lowest BCUT2D eigenvalue weighted by Gasteiger charge is -2.21. The molecule has 0 rings (SSSR count). The van der Waals surface area contributed by atoms with E-state index in [1.165, 1.54) is 51.4 Å². The summed E-state index contributed by atoms with van der Waals surface area (Å²) in [6.07, 6.45) is 34.2. The molecule has 0 spiro atoms. The zero-order chi connectivity index (χ0) is 28.1. The van der Waals surface area contributed by atoms with Crippen molar-refractivity contribution in [2.45, 2.75) is 148 Å². The molecule has 0 aliphatic heterocycles. The van der Waals surface area contributed by atoms with Gasteiger partial charge in [-0.15, -0.1) is 0 Å². The highest BCUT2D eigenvalue weighted by molar-refractivity contribution is 5.80. The lowest BCUT2D eigenvalue weighted by molar-refractivity contribution is -0.131. The normalized spacial score (nSPS) is 14.8. The van der Waals surface area contributed by atoms with Crippen molar-refractivity contribution in [1.82, 2.24) is 5.32 Å². The van der Waals surface area contributed by atoms with Gasteiger partial charge in [-0.1, -0.05) is 113 Å². The average molecular weight is 534 g/mol. The third-order valence-electron chi connectivity index (χ3n) is 6.71. The van der Waals surface area contributed by atoms with Crippen LogP contribution >= 0.6 is 0 Å². The third kappa shape index (κ3) is 23.4. The van der Waals surface area contributed by atoms with Crippen LogP contribution in [0.5, 0.6) is 0 Å². The second kappa shape index (κ2) is 28.3. The molecule has 0 saturated carbocycles. The van der Waals surface area contributed by atoms with Crippen molar-refractivity contribution in [3.8, 4) is 0 Å². The summed E-state index contributed by atoms with van der Waals surface area (Å²) in [7, 11) is 0. The van der Waals surface area contributed by atoms with Crippen molar-refractivity contribution >= 4 is 5.91 Å². The fourth-order valence-corrected chi connectivity index (χ4v) is 4.21. The van der Waals surface area contributed by atoms with Crippen LogP contribution in [0.2, 0.25) is 0 Å².